The van der Waals surface area contributed by atoms with Crippen molar-refractivity contribution in [3.8, 4) is 11.5 Å². The number of halogens is 2. The van der Waals surface area contributed by atoms with Crippen LogP contribution in [0.5, 0.6) is 11.5 Å². The Labute approximate surface area is 136 Å². The maximum atomic E-state index is 12.3. The molecule has 0 atom stereocenters. The molecule has 4 nitrogen and oxygen atoms in total. The summed E-state index contributed by atoms with van der Waals surface area (Å²) in [6.45, 7) is 0. The Kier molecular flexibility index (Phi) is 5.09. The number of ether oxygens (including phenoxy) is 2. The Morgan fingerprint density at radius 3 is 2.43 bits per heavy atom. The van der Waals surface area contributed by atoms with Crippen LogP contribution in [0.25, 0.3) is 0 Å². The first-order chi connectivity index (χ1) is 10.0. The zero-order valence-corrected chi connectivity index (χ0v) is 13.8. The third kappa shape index (κ3) is 3.68. The van der Waals surface area contributed by atoms with Gasteiger partial charge in [-0.05, 0) is 52.3 Å². The number of methoxy groups -OCH3 is 2. The van der Waals surface area contributed by atoms with Crippen molar-refractivity contribution in [1.29, 1.82) is 0 Å². The van der Waals surface area contributed by atoms with E-state index in [1.807, 2.05) is 0 Å². The van der Waals surface area contributed by atoms with Crippen molar-refractivity contribution in [3.05, 3.63) is 51.5 Å². The minimum absolute atomic E-state index is 0.251. The summed E-state index contributed by atoms with van der Waals surface area (Å²) in [6, 6.07) is 10.1. The second-order valence-electron chi connectivity index (χ2n) is 4.15. The predicted octanol–water partition coefficient (Wildman–Crippen LogP) is 4.37. The van der Waals surface area contributed by atoms with Crippen LogP contribution in [0.3, 0.4) is 0 Å². The fourth-order valence-corrected chi connectivity index (χ4v) is 2.54. The van der Waals surface area contributed by atoms with E-state index in [0.29, 0.717) is 32.2 Å². The first-order valence-corrected chi connectivity index (χ1v) is 7.20. The Morgan fingerprint density at radius 2 is 1.81 bits per heavy atom. The molecule has 0 spiro atoms. The van der Waals surface area contributed by atoms with Gasteiger partial charge >= 0.3 is 0 Å². The van der Waals surface area contributed by atoms with Gasteiger partial charge in [0.2, 0.25) is 0 Å². The number of amides is 1. The highest BCUT2D eigenvalue weighted by Gasteiger charge is 2.12. The topological polar surface area (TPSA) is 47.6 Å². The van der Waals surface area contributed by atoms with Crippen molar-refractivity contribution < 1.29 is 14.3 Å². The first-order valence-electron chi connectivity index (χ1n) is 6.03. The van der Waals surface area contributed by atoms with Crippen molar-refractivity contribution >= 4 is 39.1 Å². The molecule has 0 aliphatic heterocycles. The zero-order chi connectivity index (χ0) is 15.4. The largest absolute Gasteiger partial charge is 0.493 e. The predicted molar refractivity (Wildman–Crippen MR) is 86.7 cm³/mol. The normalized spacial score (nSPS) is 10.1. The fourth-order valence-electron chi connectivity index (χ4n) is 1.76. The van der Waals surface area contributed by atoms with Gasteiger partial charge in [0, 0.05) is 15.1 Å². The SMILES string of the molecule is COc1ccc(C(=O)Nc2ccc(Cl)cc2Br)cc1OC. The third-order valence-electron chi connectivity index (χ3n) is 2.83. The molecule has 0 saturated heterocycles. The van der Waals surface area contributed by atoms with Crippen molar-refractivity contribution in [2.75, 3.05) is 19.5 Å². The molecule has 110 valence electrons. The number of carbonyl (C=O) groups is 1. The van der Waals surface area contributed by atoms with E-state index >= 15 is 0 Å². The maximum Gasteiger partial charge on any atom is 0.255 e. The van der Waals surface area contributed by atoms with Crippen LogP contribution in [0.15, 0.2) is 40.9 Å². The van der Waals surface area contributed by atoms with E-state index in [1.165, 1.54) is 7.11 Å². The average Bonchev–Trinajstić information content (AvgIpc) is 2.49. The Morgan fingerprint density at radius 1 is 1.10 bits per heavy atom. The molecular formula is C15H13BrClNO3. The standard InChI is InChI=1S/C15H13BrClNO3/c1-20-13-6-3-9(7-14(13)21-2)15(19)18-12-5-4-10(17)8-11(12)16/h3-8H,1-2H3,(H,18,19). The second kappa shape index (κ2) is 6.83. The Hall–Kier alpha value is -1.72. The number of benzene rings is 2. The molecule has 0 aromatic heterocycles. The second-order valence-corrected chi connectivity index (χ2v) is 5.44. The summed E-state index contributed by atoms with van der Waals surface area (Å²) in [5.41, 5.74) is 1.11. The molecular weight excluding hydrogens is 358 g/mol. The zero-order valence-electron chi connectivity index (χ0n) is 11.4. The van der Waals surface area contributed by atoms with E-state index in [9.17, 15) is 4.79 Å². The van der Waals surface area contributed by atoms with Gasteiger partial charge in [-0.3, -0.25) is 4.79 Å². The quantitative estimate of drug-likeness (QED) is 0.869. The van der Waals surface area contributed by atoms with Crippen molar-refractivity contribution in [3.63, 3.8) is 0 Å². The highest BCUT2D eigenvalue weighted by molar-refractivity contribution is 9.10. The average molecular weight is 371 g/mol. The minimum atomic E-state index is -0.251. The van der Waals surface area contributed by atoms with Crippen LogP contribution in [0.1, 0.15) is 10.4 Å². The minimum Gasteiger partial charge on any atom is -0.493 e. The molecule has 0 heterocycles. The van der Waals surface area contributed by atoms with E-state index in [1.54, 1.807) is 43.5 Å². The number of hydrogen-bond acceptors (Lipinski definition) is 3. The van der Waals surface area contributed by atoms with Crippen molar-refractivity contribution in [2.24, 2.45) is 0 Å². The van der Waals surface area contributed by atoms with E-state index in [-0.39, 0.29) is 5.91 Å². The molecule has 0 unspecified atom stereocenters. The van der Waals surface area contributed by atoms with Crippen molar-refractivity contribution in [1.82, 2.24) is 0 Å². The molecule has 2 rings (SSSR count). The lowest BCUT2D eigenvalue weighted by atomic mass is 10.2. The molecule has 0 fully saturated rings. The Balaban J connectivity index is 2.24. The highest BCUT2D eigenvalue weighted by Crippen LogP contribution is 2.29. The number of rotatable bonds is 4. The van der Waals surface area contributed by atoms with E-state index < -0.39 is 0 Å². The van der Waals surface area contributed by atoms with Gasteiger partial charge in [0.1, 0.15) is 0 Å². The van der Waals surface area contributed by atoms with Gasteiger partial charge in [-0.1, -0.05) is 11.6 Å². The summed E-state index contributed by atoms with van der Waals surface area (Å²) in [5, 5.41) is 3.39. The lowest BCUT2D eigenvalue weighted by Crippen LogP contribution is -2.12. The lowest BCUT2D eigenvalue weighted by molar-refractivity contribution is 0.102. The van der Waals surface area contributed by atoms with E-state index in [2.05, 4.69) is 21.2 Å². The van der Waals surface area contributed by atoms with Crippen LogP contribution in [0.4, 0.5) is 5.69 Å². The number of nitrogens with one attached hydrogen (secondary N) is 1. The summed E-state index contributed by atoms with van der Waals surface area (Å²) < 4.78 is 11.0. The van der Waals surface area contributed by atoms with Gasteiger partial charge in [-0.15, -0.1) is 0 Å². The smallest absolute Gasteiger partial charge is 0.255 e. The van der Waals surface area contributed by atoms with Gasteiger partial charge in [0.15, 0.2) is 11.5 Å². The molecule has 1 N–H and O–H groups in total. The van der Waals surface area contributed by atoms with Gasteiger partial charge < -0.3 is 14.8 Å². The van der Waals surface area contributed by atoms with E-state index in [0.717, 1.165) is 0 Å². The fraction of sp³-hybridized carbons (Fsp3) is 0.133. The van der Waals surface area contributed by atoms with E-state index in [4.69, 9.17) is 21.1 Å². The summed E-state index contributed by atoms with van der Waals surface area (Å²) in [5.74, 6) is 0.820. The molecule has 0 saturated carbocycles. The summed E-state index contributed by atoms with van der Waals surface area (Å²) >= 11 is 9.23. The van der Waals surface area contributed by atoms with Crippen LogP contribution in [0.2, 0.25) is 5.02 Å². The highest BCUT2D eigenvalue weighted by atomic mass is 79.9. The molecule has 2 aromatic carbocycles. The van der Waals surface area contributed by atoms with Crippen LogP contribution in [0, 0.1) is 0 Å². The van der Waals surface area contributed by atoms with Gasteiger partial charge in [-0.2, -0.15) is 0 Å². The molecule has 6 heteroatoms. The van der Waals surface area contributed by atoms with Crippen LogP contribution in [-0.2, 0) is 0 Å². The molecule has 1 amide bonds. The molecule has 2 aromatic rings. The van der Waals surface area contributed by atoms with Gasteiger partial charge in [0.25, 0.3) is 5.91 Å². The molecule has 0 bridgehead atoms. The van der Waals surface area contributed by atoms with Crippen molar-refractivity contribution in [2.45, 2.75) is 0 Å². The molecule has 0 radical (unpaired) electrons. The summed E-state index contributed by atoms with van der Waals surface area (Å²) in [4.78, 5) is 12.3. The monoisotopic (exact) mass is 369 g/mol. The maximum absolute atomic E-state index is 12.3. The third-order valence-corrected chi connectivity index (χ3v) is 3.72. The van der Waals surface area contributed by atoms with Crippen LogP contribution < -0.4 is 14.8 Å². The Bertz CT molecular complexity index is 676. The summed E-state index contributed by atoms with van der Waals surface area (Å²) in [6.07, 6.45) is 0. The molecule has 0 aliphatic carbocycles. The van der Waals surface area contributed by atoms with Gasteiger partial charge in [0.05, 0.1) is 19.9 Å². The number of anilines is 1. The van der Waals surface area contributed by atoms with Gasteiger partial charge in [-0.25, -0.2) is 0 Å². The number of hydrogen-bond donors (Lipinski definition) is 1. The number of carbonyl (C=O) groups excluding carboxylic acids is 1. The molecule has 21 heavy (non-hydrogen) atoms. The molecule has 0 aliphatic rings. The first kappa shape index (κ1) is 15.7. The van der Waals surface area contributed by atoms with Crippen LogP contribution in [-0.4, -0.2) is 20.1 Å². The lowest BCUT2D eigenvalue weighted by Gasteiger charge is -2.11. The van der Waals surface area contributed by atoms with Crippen LogP contribution >= 0.6 is 27.5 Å². The summed E-state index contributed by atoms with van der Waals surface area (Å²) in [7, 11) is 3.07.